The number of aryl methyl sites for hydroxylation is 1. The molecule has 0 fully saturated rings. The molecule has 0 aliphatic heterocycles. The molecule has 8 heteroatoms. The minimum Gasteiger partial charge on any atom is -0.482 e. The van der Waals surface area contributed by atoms with Gasteiger partial charge < -0.3 is 15.2 Å². The Morgan fingerprint density at radius 1 is 1.47 bits per heavy atom. The Hall–Kier alpha value is -2.22. The van der Waals surface area contributed by atoms with Gasteiger partial charge in [0.2, 0.25) is 0 Å². The van der Waals surface area contributed by atoms with E-state index in [1.165, 1.54) is 0 Å². The van der Waals surface area contributed by atoms with Crippen molar-refractivity contribution >= 4 is 5.82 Å². The number of H-pyrrole nitrogens is 1. The number of aliphatic hydroxyl groups excluding tert-OH is 1. The van der Waals surface area contributed by atoms with Gasteiger partial charge in [0.1, 0.15) is 18.1 Å². The van der Waals surface area contributed by atoms with Crippen LogP contribution in [0.3, 0.4) is 0 Å². The number of rotatable bonds is 7. The van der Waals surface area contributed by atoms with Crippen LogP contribution in [0, 0.1) is 6.92 Å². The van der Waals surface area contributed by atoms with Gasteiger partial charge in [0, 0.05) is 19.3 Å². The average molecular weight is 264 g/mol. The fraction of sp³-hybridized carbons (Fsp3) is 0.455. The Kier molecular flexibility index (Phi) is 4.62. The second-order valence-corrected chi connectivity index (χ2v) is 3.89. The summed E-state index contributed by atoms with van der Waals surface area (Å²) in [4.78, 5) is 8.37. The Balaban J connectivity index is 2.01. The van der Waals surface area contributed by atoms with Gasteiger partial charge in [0.15, 0.2) is 11.6 Å². The Bertz CT molecular complexity index is 502. The zero-order chi connectivity index (χ0) is 13.5. The quantitative estimate of drug-likeness (QED) is 0.616. The summed E-state index contributed by atoms with van der Waals surface area (Å²) < 4.78 is 5.59. The maximum Gasteiger partial charge on any atom is 0.180 e. The number of hydrogen-bond acceptors (Lipinski definition) is 7. The Labute approximate surface area is 110 Å². The van der Waals surface area contributed by atoms with E-state index in [4.69, 9.17) is 9.84 Å². The molecule has 2 rings (SSSR count). The summed E-state index contributed by atoms with van der Waals surface area (Å²) >= 11 is 0. The average Bonchev–Trinajstić information content (AvgIpc) is 2.91. The van der Waals surface area contributed by atoms with E-state index >= 15 is 0 Å². The number of nitrogens with zero attached hydrogens (tertiary/aromatic N) is 4. The monoisotopic (exact) mass is 264 g/mol. The van der Waals surface area contributed by atoms with E-state index in [2.05, 4.69) is 30.7 Å². The van der Waals surface area contributed by atoms with Crippen LogP contribution >= 0.6 is 0 Å². The van der Waals surface area contributed by atoms with Gasteiger partial charge >= 0.3 is 0 Å². The molecule has 0 aromatic carbocycles. The number of aromatic amines is 1. The highest BCUT2D eigenvalue weighted by Crippen LogP contribution is 2.21. The van der Waals surface area contributed by atoms with Crippen LogP contribution in [0.15, 0.2) is 12.4 Å². The van der Waals surface area contributed by atoms with Crippen LogP contribution in [0.25, 0.3) is 0 Å². The molecule has 0 bridgehead atoms. The van der Waals surface area contributed by atoms with Crippen LogP contribution in [0.2, 0.25) is 0 Å². The lowest BCUT2D eigenvalue weighted by atomic mass is 10.4. The maximum absolute atomic E-state index is 8.77. The van der Waals surface area contributed by atoms with Crippen molar-refractivity contribution in [3.63, 3.8) is 0 Å². The van der Waals surface area contributed by atoms with Crippen LogP contribution in [-0.2, 0) is 6.61 Å². The van der Waals surface area contributed by atoms with E-state index in [1.54, 1.807) is 19.3 Å². The lowest BCUT2D eigenvalue weighted by Gasteiger charge is -2.11. The molecule has 0 aliphatic rings. The lowest BCUT2D eigenvalue weighted by Crippen LogP contribution is -2.09. The topological polar surface area (TPSA) is 109 Å². The third-order valence-electron chi connectivity index (χ3n) is 2.35. The zero-order valence-electron chi connectivity index (χ0n) is 10.6. The van der Waals surface area contributed by atoms with Crippen LogP contribution in [-0.4, -0.2) is 43.6 Å². The van der Waals surface area contributed by atoms with E-state index in [0.29, 0.717) is 36.1 Å². The third kappa shape index (κ3) is 3.88. The van der Waals surface area contributed by atoms with E-state index in [9.17, 15) is 0 Å². The zero-order valence-corrected chi connectivity index (χ0v) is 10.6. The number of ether oxygens (including phenoxy) is 1. The van der Waals surface area contributed by atoms with Crippen LogP contribution < -0.4 is 10.1 Å². The molecule has 2 heterocycles. The molecule has 8 nitrogen and oxygen atoms in total. The number of aliphatic hydroxyl groups is 1. The summed E-state index contributed by atoms with van der Waals surface area (Å²) in [5, 5.41) is 21.9. The molecule has 2 aromatic heterocycles. The molecule has 0 spiro atoms. The van der Waals surface area contributed by atoms with Gasteiger partial charge in [-0.2, -0.15) is 0 Å². The molecule has 0 radical (unpaired) electrons. The highest BCUT2D eigenvalue weighted by atomic mass is 16.5. The minimum atomic E-state index is 0.131. The van der Waals surface area contributed by atoms with Gasteiger partial charge in [-0.3, -0.25) is 5.10 Å². The maximum atomic E-state index is 8.77. The van der Waals surface area contributed by atoms with Crippen molar-refractivity contribution in [1.29, 1.82) is 0 Å². The first-order chi connectivity index (χ1) is 9.29. The molecule has 102 valence electrons. The van der Waals surface area contributed by atoms with Crippen molar-refractivity contribution in [1.82, 2.24) is 25.4 Å². The number of aromatic nitrogens is 5. The first-order valence-corrected chi connectivity index (χ1v) is 5.96. The molecular weight excluding hydrogens is 248 g/mol. The molecule has 0 amide bonds. The first-order valence-electron chi connectivity index (χ1n) is 5.96. The molecule has 0 aliphatic carbocycles. The summed E-state index contributed by atoms with van der Waals surface area (Å²) in [6.07, 6.45) is 3.92. The molecular formula is C11H16N6O2. The summed E-state index contributed by atoms with van der Waals surface area (Å²) in [5.41, 5.74) is 0.696. The van der Waals surface area contributed by atoms with Crippen LogP contribution in [0.4, 0.5) is 5.82 Å². The highest BCUT2D eigenvalue weighted by molar-refractivity contribution is 5.48. The van der Waals surface area contributed by atoms with Crippen molar-refractivity contribution in [2.45, 2.75) is 20.0 Å². The van der Waals surface area contributed by atoms with Crippen molar-refractivity contribution in [3.8, 4) is 5.75 Å². The van der Waals surface area contributed by atoms with Crippen molar-refractivity contribution in [3.05, 3.63) is 23.9 Å². The normalized spacial score (nSPS) is 10.4. The van der Waals surface area contributed by atoms with E-state index in [0.717, 1.165) is 0 Å². The van der Waals surface area contributed by atoms with Gasteiger partial charge in [-0.25, -0.2) is 9.97 Å². The summed E-state index contributed by atoms with van der Waals surface area (Å²) in [7, 11) is 0. The fourth-order valence-corrected chi connectivity index (χ4v) is 1.42. The molecule has 0 atom stereocenters. The lowest BCUT2D eigenvalue weighted by molar-refractivity contribution is 0.291. The van der Waals surface area contributed by atoms with Gasteiger partial charge in [-0.05, 0) is 13.3 Å². The van der Waals surface area contributed by atoms with Crippen molar-refractivity contribution in [2.24, 2.45) is 0 Å². The first kappa shape index (κ1) is 13.2. The Morgan fingerprint density at radius 2 is 2.37 bits per heavy atom. The number of anilines is 1. The second-order valence-electron chi connectivity index (χ2n) is 3.89. The SMILES string of the molecule is Cc1ncc(OCc2c[nH]nn2)c(NCCCO)n1. The third-order valence-corrected chi connectivity index (χ3v) is 2.35. The molecule has 0 unspecified atom stereocenters. The smallest absolute Gasteiger partial charge is 0.180 e. The van der Waals surface area contributed by atoms with Crippen molar-refractivity contribution < 1.29 is 9.84 Å². The van der Waals surface area contributed by atoms with E-state index in [1.807, 2.05) is 0 Å². The summed E-state index contributed by atoms with van der Waals surface area (Å²) in [6, 6.07) is 0. The van der Waals surface area contributed by atoms with Crippen LogP contribution in [0.5, 0.6) is 5.75 Å². The molecule has 0 saturated heterocycles. The Morgan fingerprint density at radius 3 is 3.11 bits per heavy atom. The highest BCUT2D eigenvalue weighted by Gasteiger charge is 2.07. The molecule has 2 aromatic rings. The number of hydrogen-bond donors (Lipinski definition) is 3. The minimum absolute atomic E-state index is 0.131. The van der Waals surface area contributed by atoms with Gasteiger partial charge in [-0.15, -0.1) is 5.10 Å². The standard InChI is InChI=1S/C11H16N6O2/c1-8-13-6-10(11(15-8)12-3-2-4-18)19-7-9-5-14-17-16-9/h5-6,18H,2-4,7H2,1H3,(H,12,13,15)(H,14,16,17). The van der Waals surface area contributed by atoms with Gasteiger partial charge in [-0.1, -0.05) is 5.21 Å². The van der Waals surface area contributed by atoms with Gasteiger partial charge in [0.05, 0.1) is 6.20 Å². The van der Waals surface area contributed by atoms with Crippen LogP contribution in [0.1, 0.15) is 17.9 Å². The predicted molar refractivity (Wildman–Crippen MR) is 67.7 cm³/mol. The molecule has 0 saturated carbocycles. The van der Waals surface area contributed by atoms with E-state index in [-0.39, 0.29) is 13.2 Å². The number of nitrogens with one attached hydrogen (secondary N) is 2. The second kappa shape index (κ2) is 6.64. The van der Waals surface area contributed by atoms with E-state index < -0.39 is 0 Å². The summed E-state index contributed by atoms with van der Waals surface area (Å²) in [5.74, 6) is 1.82. The van der Waals surface area contributed by atoms with Gasteiger partial charge in [0.25, 0.3) is 0 Å². The predicted octanol–water partition coefficient (Wildman–Crippen LogP) is 0.276. The summed E-state index contributed by atoms with van der Waals surface area (Å²) in [6.45, 7) is 2.84. The van der Waals surface area contributed by atoms with Crippen molar-refractivity contribution in [2.75, 3.05) is 18.5 Å². The fourth-order valence-electron chi connectivity index (χ4n) is 1.42. The molecule has 19 heavy (non-hydrogen) atoms. The molecule has 3 N–H and O–H groups in total. The largest absolute Gasteiger partial charge is 0.482 e.